The molecule has 0 unspecified atom stereocenters. The largest absolute Gasteiger partial charge is 0.508 e. The maximum absolute atomic E-state index is 11.6. The Labute approximate surface area is 102 Å². The summed E-state index contributed by atoms with van der Waals surface area (Å²) in [5.41, 5.74) is 0.445. The number of allylic oxidation sites excluding steroid dienone is 1. The summed E-state index contributed by atoms with van der Waals surface area (Å²) < 4.78 is -0.108. The lowest BCUT2D eigenvalue weighted by Crippen LogP contribution is -1.98. The number of hydrogen-bond acceptors (Lipinski definition) is 2. The van der Waals surface area contributed by atoms with Crippen LogP contribution in [-0.4, -0.2) is 10.9 Å². The summed E-state index contributed by atoms with van der Waals surface area (Å²) in [6, 6.07) is 5.86. The number of hydrogen-bond donors (Lipinski definition) is 1. The van der Waals surface area contributed by atoms with Crippen molar-refractivity contribution < 1.29 is 9.90 Å². The third-order valence-electron chi connectivity index (χ3n) is 1.71. The first-order valence-corrected chi connectivity index (χ1v) is 5.16. The Morgan fingerprint density at radius 3 is 2.13 bits per heavy atom. The van der Waals surface area contributed by atoms with Crippen molar-refractivity contribution in [2.75, 3.05) is 0 Å². The van der Waals surface area contributed by atoms with Crippen LogP contribution in [0.2, 0.25) is 0 Å². The fourth-order valence-electron chi connectivity index (χ4n) is 0.957. The molecule has 0 bridgehead atoms. The van der Waals surface area contributed by atoms with Crippen LogP contribution in [0.4, 0.5) is 0 Å². The van der Waals surface area contributed by atoms with Crippen LogP contribution in [0, 0.1) is 0 Å². The van der Waals surface area contributed by atoms with Crippen molar-refractivity contribution in [3.8, 4) is 5.75 Å². The van der Waals surface area contributed by atoms with Gasteiger partial charge in [0.05, 0.1) is 5.03 Å². The number of Topliss-reactive ketones (excluding diaryl/α,β-unsaturated/α-hetero) is 1. The Kier molecular flexibility index (Phi) is 4.45. The molecule has 0 amide bonds. The number of ketones is 1. The first-order valence-electron chi connectivity index (χ1n) is 4.02. The summed E-state index contributed by atoms with van der Waals surface area (Å²) in [7, 11) is 0. The van der Waals surface area contributed by atoms with Crippen molar-refractivity contribution in [3.05, 3.63) is 39.4 Å². The molecule has 1 aromatic carbocycles. The molecule has 0 saturated heterocycles. The summed E-state index contributed by atoms with van der Waals surface area (Å²) in [6.07, 6.45) is -0.0470. The van der Waals surface area contributed by atoms with Gasteiger partial charge >= 0.3 is 0 Å². The van der Waals surface area contributed by atoms with Gasteiger partial charge in [-0.25, -0.2) is 0 Å². The normalized spacial score (nSPS) is 9.80. The number of phenolic OH excluding ortho intramolecular Hbond substituents is 1. The molecule has 80 valence electrons. The van der Waals surface area contributed by atoms with Crippen molar-refractivity contribution in [2.45, 2.75) is 6.42 Å². The summed E-state index contributed by atoms with van der Waals surface area (Å²) in [4.78, 5) is 11.6. The molecular formula is C10H7Cl3O2. The molecule has 1 aromatic rings. The van der Waals surface area contributed by atoms with Gasteiger partial charge in [-0.3, -0.25) is 4.79 Å². The number of halogens is 3. The molecule has 0 aliphatic carbocycles. The van der Waals surface area contributed by atoms with Gasteiger partial charge in [0.1, 0.15) is 10.2 Å². The van der Waals surface area contributed by atoms with Crippen LogP contribution in [0.25, 0.3) is 0 Å². The molecule has 15 heavy (non-hydrogen) atoms. The van der Waals surface area contributed by atoms with E-state index in [4.69, 9.17) is 39.9 Å². The van der Waals surface area contributed by atoms with Crippen LogP contribution in [0.1, 0.15) is 16.8 Å². The average Bonchev–Trinajstić information content (AvgIpc) is 2.18. The van der Waals surface area contributed by atoms with E-state index in [0.29, 0.717) is 5.56 Å². The third-order valence-corrected chi connectivity index (χ3v) is 2.68. The molecule has 2 nitrogen and oxygen atoms in total. The van der Waals surface area contributed by atoms with Crippen LogP contribution in [-0.2, 0) is 0 Å². The molecule has 1 N–H and O–H groups in total. The number of rotatable bonds is 3. The topological polar surface area (TPSA) is 37.3 Å². The van der Waals surface area contributed by atoms with Crippen molar-refractivity contribution in [2.24, 2.45) is 0 Å². The average molecular weight is 266 g/mol. The molecule has 0 fully saturated rings. The molecule has 0 radical (unpaired) electrons. The monoisotopic (exact) mass is 264 g/mol. The molecular weight excluding hydrogens is 258 g/mol. The van der Waals surface area contributed by atoms with E-state index in [0.717, 1.165) is 0 Å². The third kappa shape index (κ3) is 3.74. The quantitative estimate of drug-likeness (QED) is 0.843. The van der Waals surface area contributed by atoms with Gasteiger partial charge in [0.2, 0.25) is 0 Å². The second-order valence-electron chi connectivity index (χ2n) is 2.81. The highest BCUT2D eigenvalue weighted by molar-refractivity contribution is 6.59. The number of carbonyl (C=O) groups excluding carboxylic acids is 1. The Bertz CT molecular complexity index is 392. The molecule has 5 heteroatoms. The highest BCUT2D eigenvalue weighted by atomic mass is 35.5. The second kappa shape index (κ2) is 5.40. The van der Waals surface area contributed by atoms with Crippen molar-refractivity contribution >= 4 is 40.6 Å². The zero-order valence-electron chi connectivity index (χ0n) is 7.51. The maximum atomic E-state index is 11.6. The van der Waals surface area contributed by atoms with E-state index in [1.54, 1.807) is 0 Å². The molecule has 0 aliphatic rings. The summed E-state index contributed by atoms with van der Waals surface area (Å²) in [5, 5.41) is 9.13. The fraction of sp³-hybridized carbons (Fsp3) is 0.100. The highest BCUT2D eigenvalue weighted by Gasteiger charge is 2.09. The molecule has 0 atom stereocenters. The van der Waals surface area contributed by atoms with E-state index in [1.807, 2.05) is 0 Å². The second-order valence-corrected chi connectivity index (χ2v) is 4.22. The van der Waals surface area contributed by atoms with E-state index in [9.17, 15) is 4.79 Å². The van der Waals surface area contributed by atoms with E-state index in [1.165, 1.54) is 24.3 Å². The van der Waals surface area contributed by atoms with E-state index in [-0.39, 0.29) is 27.5 Å². The Balaban J connectivity index is 2.78. The first-order chi connectivity index (χ1) is 7.00. The molecule has 0 heterocycles. The smallest absolute Gasteiger partial charge is 0.168 e. The summed E-state index contributed by atoms with van der Waals surface area (Å²) >= 11 is 16.4. The van der Waals surface area contributed by atoms with Crippen molar-refractivity contribution in [1.29, 1.82) is 0 Å². The van der Waals surface area contributed by atoms with Crippen LogP contribution < -0.4 is 0 Å². The predicted molar refractivity (Wildman–Crippen MR) is 61.6 cm³/mol. The lowest BCUT2D eigenvalue weighted by molar-refractivity contribution is 0.0995. The van der Waals surface area contributed by atoms with Gasteiger partial charge in [0, 0.05) is 12.0 Å². The Morgan fingerprint density at radius 1 is 1.13 bits per heavy atom. The lowest BCUT2D eigenvalue weighted by Gasteiger charge is -2.00. The van der Waals surface area contributed by atoms with Gasteiger partial charge in [-0.1, -0.05) is 34.8 Å². The van der Waals surface area contributed by atoms with Crippen molar-refractivity contribution in [3.63, 3.8) is 0 Å². The SMILES string of the molecule is O=C(CC(Cl)=C(Cl)Cl)c1ccc(O)cc1. The molecule has 0 spiro atoms. The number of phenols is 1. The first kappa shape index (κ1) is 12.4. The van der Waals surface area contributed by atoms with Gasteiger partial charge in [0.25, 0.3) is 0 Å². The molecule has 0 saturated carbocycles. The summed E-state index contributed by atoms with van der Waals surface area (Å²) in [5.74, 6) is -0.109. The predicted octanol–water partition coefficient (Wildman–Crippen LogP) is 3.85. The molecule has 0 aromatic heterocycles. The number of benzene rings is 1. The lowest BCUT2D eigenvalue weighted by atomic mass is 10.1. The van der Waals surface area contributed by atoms with Gasteiger partial charge in [0.15, 0.2) is 5.78 Å². The minimum Gasteiger partial charge on any atom is -0.508 e. The number of aromatic hydroxyl groups is 1. The van der Waals surface area contributed by atoms with Gasteiger partial charge in [-0.15, -0.1) is 0 Å². The van der Waals surface area contributed by atoms with E-state index >= 15 is 0 Å². The van der Waals surface area contributed by atoms with E-state index in [2.05, 4.69) is 0 Å². The molecule has 0 aliphatic heterocycles. The van der Waals surface area contributed by atoms with E-state index < -0.39 is 0 Å². The Hall–Kier alpha value is -0.700. The summed E-state index contributed by atoms with van der Waals surface area (Å²) in [6.45, 7) is 0. The zero-order chi connectivity index (χ0) is 11.4. The van der Waals surface area contributed by atoms with Crippen LogP contribution in [0.5, 0.6) is 5.75 Å². The minimum absolute atomic E-state index is 0.0470. The standard InChI is InChI=1S/C10H7Cl3O2/c11-8(10(12)13)5-9(15)6-1-3-7(14)4-2-6/h1-4,14H,5H2. The Morgan fingerprint density at radius 2 is 1.67 bits per heavy atom. The molecule has 1 rings (SSSR count). The number of carbonyl (C=O) groups is 1. The fourth-order valence-corrected chi connectivity index (χ4v) is 1.21. The van der Waals surface area contributed by atoms with Gasteiger partial charge in [-0.2, -0.15) is 0 Å². The van der Waals surface area contributed by atoms with Crippen LogP contribution in [0.15, 0.2) is 33.8 Å². The van der Waals surface area contributed by atoms with Crippen LogP contribution >= 0.6 is 34.8 Å². The minimum atomic E-state index is -0.209. The van der Waals surface area contributed by atoms with Crippen molar-refractivity contribution in [1.82, 2.24) is 0 Å². The van der Waals surface area contributed by atoms with Gasteiger partial charge in [-0.05, 0) is 24.3 Å². The van der Waals surface area contributed by atoms with Crippen LogP contribution in [0.3, 0.4) is 0 Å². The maximum Gasteiger partial charge on any atom is 0.168 e. The van der Waals surface area contributed by atoms with Gasteiger partial charge < -0.3 is 5.11 Å². The highest BCUT2D eigenvalue weighted by Crippen LogP contribution is 2.23. The zero-order valence-corrected chi connectivity index (χ0v) is 9.77.